The molecule has 158 valence electrons. The summed E-state index contributed by atoms with van der Waals surface area (Å²) in [5.41, 5.74) is -0.882. The number of hydrogen-bond acceptors (Lipinski definition) is 7. The van der Waals surface area contributed by atoms with Gasteiger partial charge in [-0.1, -0.05) is 12.1 Å². The van der Waals surface area contributed by atoms with Gasteiger partial charge in [-0.2, -0.15) is 0 Å². The summed E-state index contributed by atoms with van der Waals surface area (Å²) in [4.78, 5) is 37.1. The van der Waals surface area contributed by atoms with Crippen molar-refractivity contribution in [3.8, 4) is 22.6 Å². The van der Waals surface area contributed by atoms with E-state index in [2.05, 4.69) is 0 Å². The van der Waals surface area contributed by atoms with Crippen LogP contribution in [-0.2, 0) is 4.79 Å². The molecule has 0 saturated carbocycles. The quantitative estimate of drug-likeness (QED) is 0.273. The lowest BCUT2D eigenvalue weighted by Crippen LogP contribution is -2.25. The van der Waals surface area contributed by atoms with Gasteiger partial charge in [0.15, 0.2) is 11.3 Å². The Hall–Kier alpha value is -3.87. The van der Waals surface area contributed by atoms with Crippen LogP contribution in [0.1, 0.15) is 20.8 Å². The van der Waals surface area contributed by atoms with Crippen LogP contribution >= 0.6 is 0 Å². The second kappa shape index (κ2) is 7.43. The summed E-state index contributed by atoms with van der Waals surface area (Å²) in [5, 5.41) is 1.15. The lowest BCUT2D eigenvalue weighted by molar-refractivity contribution is -0.142. The number of carbonyl (C=O) groups excluding carboxylic acids is 1. The lowest BCUT2D eigenvalue weighted by Gasteiger charge is -2.16. The molecule has 2 heterocycles. The fourth-order valence-electron chi connectivity index (χ4n) is 3.16. The molecule has 0 fully saturated rings. The number of para-hydroxylation sites is 1. The molecule has 4 rings (SSSR count). The first-order valence-electron chi connectivity index (χ1n) is 9.59. The van der Waals surface area contributed by atoms with Crippen molar-refractivity contribution >= 4 is 27.9 Å². The van der Waals surface area contributed by atoms with E-state index in [0.29, 0.717) is 27.7 Å². The zero-order valence-electron chi connectivity index (χ0n) is 17.5. The summed E-state index contributed by atoms with van der Waals surface area (Å²) in [6.45, 7) is 5.22. The second-order valence-corrected chi connectivity index (χ2v) is 8.10. The molecular weight excluding hydrogens is 400 g/mol. The van der Waals surface area contributed by atoms with Crippen LogP contribution in [0, 0.1) is 5.41 Å². The van der Waals surface area contributed by atoms with E-state index in [4.69, 9.17) is 18.3 Å². The number of methoxy groups -OCH3 is 1. The van der Waals surface area contributed by atoms with Gasteiger partial charge in [-0.15, -0.1) is 0 Å². The first-order valence-corrected chi connectivity index (χ1v) is 9.59. The van der Waals surface area contributed by atoms with Gasteiger partial charge >= 0.3 is 17.2 Å². The molecule has 0 unspecified atom stereocenters. The number of benzene rings is 2. The zero-order valence-corrected chi connectivity index (χ0v) is 17.5. The Morgan fingerprint density at radius 1 is 0.935 bits per heavy atom. The molecule has 0 aliphatic rings. The van der Waals surface area contributed by atoms with E-state index in [-0.39, 0.29) is 16.9 Å². The van der Waals surface area contributed by atoms with Crippen molar-refractivity contribution in [1.29, 1.82) is 0 Å². The highest BCUT2D eigenvalue weighted by molar-refractivity contribution is 5.96. The molecule has 4 aromatic rings. The normalized spacial score (nSPS) is 11.6. The van der Waals surface area contributed by atoms with Crippen LogP contribution < -0.4 is 20.7 Å². The van der Waals surface area contributed by atoms with Gasteiger partial charge in [0.2, 0.25) is 0 Å². The van der Waals surface area contributed by atoms with E-state index >= 15 is 0 Å². The van der Waals surface area contributed by atoms with Crippen molar-refractivity contribution in [1.82, 2.24) is 0 Å². The van der Waals surface area contributed by atoms with Gasteiger partial charge in [0.05, 0.1) is 18.1 Å². The fraction of sp³-hybridized carbons (Fsp3) is 0.208. The molecule has 2 aromatic carbocycles. The van der Waals surface area contributed by atoms with Crippen LogP contribution in [0.2, 0.25) is 0 Å². The first kappa shape index (κ1) is 20.4. The Morgan fingerprint density at radius 2 is 1.71 bits per heavy atom. The van der Waals surface area contributed by atoms with Gasteiger partial charge in [0, 0.05) is 28.5 Å². The predicted molar refractivity (Wildman–Crippen MR) is 116 cm³/mol. The number of fused-ring (bicyclic) bond motifs is 2. The van der Waals surface area contributed by atoms with E-state index < -0.39 is 22.6 Å². The third-order valence-electron chi connectivity index (χ3n) is 4.77. The molecule has 0 N–H and O–H groups in total. The lowest BCUT2D eigenvalue weighted by atomic mass is 9.97. The van der Waals surface area contributed by atoms with Crippen molar-refractivity contribution < 1.29 is 23.1 Å². The average Bonchev–Trinajstić information content (AvgIpc) is 2.71. The molecule has 0 aliphatic heterocycles. The summed E-state index contributed by atoms with van der Waals surface area (Å²) >= 11 is 0. The van der Waals surface area contributed by atoms with Gasteiger partial charge in [0.1, 0.15) is 11.3 Å². The Kier molecular flexibility index (Phi) is 4.89. The average molecular weight is 420 g/mol. The van der Waals surface area contributed by atoms with Gasteiger partial charge < -0.3 is 18.3 Å². The maximum Gasteiger partial charge on any atom is 0.344 e. The predicted octanol–water partition coefficient (Wildman–Crippen LogP) is 4.53. The van der Waals surface area contributed by atoms with E-state index in [1.165, 1.54) is 19.2 Å². The Balaban J connectivity index is 1.89. The van der Waals surface area contributed by atoms with Gasteiger partial charge in [-0.25, -0.2) is 9.59 Å². The number of rotatable bonds is 3. The molecule has 7 nitrogen and oxygen atoms in total. The first-order chi connectivity index (χ1) is 14.7. The number of carbonyl (C=O) groups is 1. The Morgan fingerprint density at radius 3 is 2.42 bits per heavy atom. The van der Waals surface area contributed by atoms with Crippen LogP contribution in [-0.4, -0.2) is 13.1 Å². The van der Waals surface area contributed by atoms with Crippen LogP contribution in [0.4, 0.5) is 0 Å². The zero-order chi connectivity index (χ0) is 22.3. The van der Waals surface area contributed by atoms with E-state index in [1.54, 1.807) is 57.2 Å². The highest BCUT2D eigenvalue weighted by Gasteiger charge is 2.24. The van der Waals surface area contributed by atoms with Crippen molar-refractivity contribution in [2.45, 2.75) is 20.8 Å². The van der Waals surface area contributed by atoms with E-state index in [0.717, 1.165) is 0 Å². The summed E-state index contributed by atoms with van der Waals surface area (Å²) in [7, 11) is 1.49. The van der Waals surface area contributed by atoms with Gasteiger partial charge in [-0.05, 0) is 45.0 Å². The highest BCUT2D eigenvalue weighted by atomic mass is 16.5. The Labute approximate surface area is 176 Å². The standard InChI is InChI=1S/C24H20O7/c1-24(2,3)23(27)29-14-8-9-15-16(12-20(25)30-19(15)11-14)17-10-13-6-5-7-18(28-4)21(13)31-22(17)26/h5-12H,1-4H3. The molecule has 31 heavy (non-hydrogen) atoms. The molecule has 2 aromatic heterocycles. The van der Waals surface area contributed by atoms with Crippen molar-refractivity contribution in [2.24, 2.45) is 5.41 Å². The van der Waals surface area contributed by atoms with Crippen molar-refractivity contribution in [3.63, 3.8) is 0 Å². The van der Waals surface area contributed by atoms with E-state index in [1.807, 2.05) is 0 Å². The summed E-state index contributed by atoms with van der Waals surface area (Å²) in [6, 6.07) is 12.8. The van der Waals surface area contributed by atoms with Gasteiger partial charge in [-0.3, -0.25) is 4.79 Å². The number of ether oxygens (including phenoxy) is 2. The van der Waals surface area contributed by atoms with Crippen molar-refractivity contribution in [2.75, 3.05) is 7.11 Å². The van der Waals surface area contributed by atoms with Crippen molar-refractivity contribution in [3.05, 3.63) is 69.4 Å². The maximum atomic E-state index is 12.8. The molecule has 0 amide bonds. The van der Waals surface area contributed by atoms with Crippen LogP contribution in [0.15, 0.2) is 67.0 Å². The summed E-state index contributed by atoms with van der Waals surface area (Å²) in [5.74, 6) is 0.251. The molecule has 0 aliphatic carbocycles. The van der Waals surface area contributed by atoms with E-state index in [9.17, 15) is 14.4 Å². The largest absolute Gasteiger partial charge is 0.493 e. The second-order valence-electron chi connectivity index (χ2n) is 8.10. The third kappa shape index (κ3) is 3.82. The molecule has 0 atom stereocenters. The van der Waals surface area contributed by atoms with Crippen LogP contribution in [0.25, 0.3) is 33.1 Å². The topological polar surface area (TPSA) is 96.0 Å². The number of hydrogen-bond donors (Lipinski definition) is 0. The third-order valence-corrected chi connectivity index (χ3v) is 4.77. The molecule has 7 heteroatoms. The maximum absolute atomic E-state index is 12.8. The molecule has 0 bridgehead atoms. The molecule has 0 radical (unpaired) electrons. The summed E-state index contributed by atoms with van der Waals surface area (Å²) < 4.78 is 21.4. The SMILES string of the molecule is COc1cccc2cc(-c3cc(=O)oc4cc(OC(=O)C(C)(C)C)ccc34)c(=O)oc12. The number of esters is 1. The Bertz CT molecular complexity index is 1430. The highest BCUT2D eigenvalue weighted by Crippen LogP contribution is 2.32. The monoisotopic (exact) mass is 420 g/mol. The smallest absolute Gasteiger partial charge is 0.344 e. The van der Waals surface area contributed by atoms with Crippen LogP contribution in [0.3, 0.4) is 0 Å². The molecule has 0 spiro atoms. The summed E-state index contributed by atoms with van der Waals surface area (Å²) in [6.07, 6.45) is 0. The fourth-order valence-corrected chi connectivity index (χ4v) is 3.16. The van der Waals surface area contributed by atoms with Gasteiger partial charge in [0.25, 0.3) is 0 Å². The molecular formula is C24H20O7. The van der Waals surface area contributed by atoms with Crippen LogP contribution in [0.5, 0.6) is 11.5 Å². The minimum absolute atomic E-state index is 0.187. The minimum atomic E-state index is -0.692. The molecule has 0 saturated heterocycles. The minimum Gasteiger partial charge on any atom is -0.493 e.